The van der Waals surface area contributed by atoms with E-state index < -0.39 is 0 Å². The Balaban J connectivity index is 1.62. The molecule has 0 radical (unpaired) electrons. The van der Waals surface area contributed by atoms with Crippen LogP contribution in [0.1, 0.15) is 29.8 Å². The summed E-state index contributed by atoms with van der Waals surface area (Å²) in [5.74, 6) is -0.162. The molecule has 0 unspecified atom stereocenters. The smallest absolute Gasteiger partial charge is 0.270 e. The van der Waals surface area contributed by atoms with E-state index in [1.807, 2.05) is 24.3 Å². The molecule has 2 heterocycles. The number of benzene rings is 1. The van der Waals surface area contributed by atoms with Crippen LogP contribution in [0, 0.1) is 0 Å². The van der Waals surface area contributed by atoms with Gasteiger partial charge in [0.2, 0.25) is 0 Å². The van der Waals surface area contributed by atoms with E-state index in [9.17, 15) is 4.79 Å². The molecule has 3 rings (SSSR count). The number of amides is 1. The third-order valence-corrected chi connectivity index (χ3v) is 4.37. The van der Waals surface area contributed by atoms with Crippen molar-refractivity contribution >= 4 is 28.4 Å². The monoisotopic (exact) mass is 317 g/mol. The second-order valence-electron chi connectivity index (χ2n) is 5.66. The number of likely N-dealkylation sites (tertiary alicyclic amines) is 1. The molecular weight excluding hydrogens is 298 g/mol. The minimum atomic E-state index is -0.162. The highest BCUT2D eigenvalue weighted by Gasteiger charge is 2.13. The van der Waals surface area contributed by atoms with Crippen molar-refractivity contribution in [1.29, 1.82) is 0 Å². The molecule has 22 heavy (non-hydrogen) atoms. The van der Waals surface area contributed by atoms with Gasteiger partial charge in [0.1, 0.15) is 5.69 Å². The standard InChI is InChI=1S/C17H20ClN3O/c18-14-12-16(20-15-7-3-2-6-13(14)15)17(22)19-8-11-21-9-4-1-5-10-21/h2-3,6-7,12H,1,4-5,8-11H2,(H,19,22). The molecule has 2 aromatic rings. The first-order valence-electron chi connectivity index (χ1n) is 7.80. The van der Waals surface area contributed by atoms with Crippen LogP contribution in [0.3, 0.4) is 0 Å². The zero-order valence-corrected chi connectivity index (χ0v) is 13.3. The summed E-state index contributed by atoms with van der Waals surface area (Å²) in [7, 11) is 0. The number of carbonyl (C=O) groups excluding carboxylic acids is 1. The fraction of sp³-hybridized carbons (Fsp3) is 0.412. The average Bonchev–Trinajstić information content (AvgIpc) is 2.56. The molecule has 0 aliphatic carbocycles. The summed E-state index contributed by atoms with van der Waals surface area (Å²) in [6, 6.07) is 9.21. The molecule has 1 aromatic heterocycles. The Bertz CT molecular complexity index is 668. The second kappa shape index (κ2) is 7.07. The fourth-order valence-electron chi connectivity index (χ4n) is 2.85. The van der Waals surface area contributed by atoms with Gasteiger partial charge in [-0.3, -0.25) is 4.79 Å². The molecule has 4 nitrogen and oxygen atoms in total. The number of pyridine rings is 1. The van der Waals surface area contributed by atoms with Crippen LogP contribution in [0.5, 0.6) is 0 Å². The number of aromatic nitrogens is 1. The summed E-state index contributed by atoms with van der Waals surface area (Å²) >= 11 is 6.23. The maximum absolute atomic E-state index is 12.2. The van der Waals surface area contributed by atoms with Gasteiger partial charge in [0.25, 0.3) is 5.91 Å². The SMILES string of the molecule is O=C(NCCN1CCCCC1)c1cc(Cl)c2ccccc2n1. The maximum atomic E-state index is 12.2. The summed E-state index contributed by atoms with van der Waals surface area (Å²) in [6.45, 7) is 3.81. The van der Waals surface area contributed by atoms with Gasteiger partial charge in [0, 0.05) is 18.5 Å². The number of hydrogen-bond donors (Lipinski definition) is 1. The van der Waals surface area contributed by atoms with Gasteiger partial charge in [-0.2, -0.15) is 0 Å². The van der Waals surface area contributed by atoms with Crippen molar-refractivity contribution in [2.75, 3.05) is 26.2 Å². The minimum absolute atomic E-state index is 0.162. The number of nitrogens with zero attached hydrogens (tertiary/aromatic N) is 2. The van der Waals surface area contributed by atoms with E-state index in [-0.39, 0.29) is 5.91 Å². The van der Waals surface area contributed by atoms with Crippen LogP contribution in [-0.4, -0.2) is 42.0 Å². The van der Waals surface area contributed by atoms with Gasteiger partial charge < -0.3 is 10.2 Å². The predicted molar refractivity (Wildman–Crippen MR) is 89.4 cm³/mol. The molecule has 1 aromatic carbocycles. The first-order valence-corrected chi connectivity index (χ1v) is 8.18. The van der Waals surface area contributed by atoms with Gasteiger partial charge in [-0.25, -0.2) is 4.98 Å². The molecule has 1 amide bonds. The van der Waals surface area contributed by atoms with Gasteiger partial charge >= 0.3 is 0 Å². The van der Waals surface area contributed by atoms with Gasteiger partial charge in [-0.1, -0.05) is 36.2 Å². The van der Waals surface area contributed by atoms with Crippen LogP contribution >= 0.6 is 11.6 Å². The number of nitrogens with one attached hydrogen (secondary N) is 1. The molecule has 5 heteroatoms. The van der Waals surface area contributed by atoms with E-state index in [0.717, 1.165) is 30.5 Å². The lowest BCUT2D eigenvalue weighted by Gasteiger charge is -2.26. The number of halogens is 1. The molecule has 116 valence electrons. The summed E-state index contributed by atoms with van der Waals surface area (Å²) in [6.07, 6.45) is 3.84. The molecule has 1 saturated heterocycles. The Morgan fingerprint density at radius 2 is 2.00 bits per heavy atom. The third-order valence-electron chi connectivity index (χ3n) is 4.06. The first kappa shape index (κ1) is 15.3. The van der Waals surface area contributed by atoms with E-state index >= 15 is 0 Å². The van der Waals surface area contributed by atoms with E-state index in [2.05, 4.69) is 15.2 Å². The summed E-state index contributed by atoms with van der Waals surface area (Å²) < 4.78 is 0. The van der Waals surface area contributed by atoms with E-state index in [1.165, 1.54) is 19.3 Å². The largest absolute Gasteiger partial charge is 0.349 e. The molecule has 1 aliphatic rings. The maximum Gasteiger partial charge on any atom is 0.270 e. The van der Waals surface area contributed by atoms with Crippen molar-refractivity contribution in [2.45, 2.75) is 19.3 Å². The topological polar surface area (TPSA) is 45.2 Å². The van der Waals surface area contributed by atoms with Crippen LogP contribution in [0.4, 0.5) is 0 Å². The molecule has 0 atom stereocenters. The second-order valence-corrected chi connectivity index (χ2v) is 6.07. The van der Waals surface area contributed by atoms with E-state index in [0.29, 0.717) is 17.3 Å². The molecule has 1 fully saturated rings. The molecule has 0 bridgehead atoms. The average molecular weight is 318 g/mol. The Labute approximate surface area is 135 Å². The van der Waals surface area contributed by atoms with Crippen molar-refractivity contribution in [3.8, 4) is 0 Å². The van der Waals surface area contributed by atoms with Gasteiger partial charge in [0.05, 0.1) is 10.5 Å². The van der Waals surface area contributed by atoms with Crippen molar-refractivity contribution in [2.24, 2.45) is 0 Å². The van der Waals surface area contributed by atoms with Crippen LogP contribution in [0.15, 0.2) is 30.3 Å². The minimum Gasteiger partial charge on any atom is -0.349 e. The first-order chi connectivity index (χ1) is 10.7. The van der Waals surface area contributed by atoms with Gasteiger partial charge in [0.15, 0.2) is 0 Å². The number of rotatable bonds is 4. The zero-order chi connectivity index (χ0) is 15.4. The highest BCUT2D eigenvalue weighted by molar-refractivity contribution is 6.35. The number of hydrogen-bond acceptors (Lipinski definition) is 3. The van der Waals surface area contributed by atoms with E-state index in [1.54, 1.807) is 6.07 Å². The number of piperidine rings is 1. The van der Waals surface area contributed by atoms with Crippen LogP contribution in [0.2, 0.25) is 5.02 Å². The zero-order valence-electron chi connectivity index (χ0n) is 12.5. The molecule has 1 aliphatic heterocycles. The van der Waals surface area contributed by atoms with Gasteiger partial charge in [-0.05, 0) is 38.1 Å². The van der Waals surface area contributed by atoms with Crippen LogP contribution in [0.25, 0.3) is 10.9 Å². The summed E-state index contributed by atoms with van der Waals surface area (Å²) in [4.78, 5) is 19.0. The predicted octanol–water partition coefficient (Wildman–Crippen LogP) is 3.10. The third kappa shape index (κ3) is 3.57. The van der Waals surface area contributed by atoms with Crippen molar-refractivity contribution in [1.82, 2.24) is 15.2 Å². The normalized spacial score (nSPS) is 15.9. The number of fused-ring (bicyclic) bond motifs is 1. The highest BCUT2D eigenvalue weighted by Crippen LogP contribution is 2.22. The van der Waals surface area contributed by atoms with Crippen LogP contribution in [-0.2, 0) is 0 Å². The van der Waals surface area contributed by atoms with Crippen molar-refractivity contribution in [3.63, 3.8) is 0 Å². The van der Waals surface area contributed by atoms with Gasteiger partial charge in [-0.15, -0.1) is 0 Å². The number of para-hydroxylation sites is 1. The van der Waals surface area contributed by atoms with Crippen molar-refractivity contribution in [3.05, 3.63) is 41.0 Å². The molecule has 0 saturated carbocycles. The van der Waals surface area contributed by atoms with Crippen LogP contribution < -0.4 is 5.32 Å². The molecular formula is C17H20ClN3O. The number of carbonyl (C=O) groups is 1. The Kier molecular flexibility index (Phi) is 4.90. The lowest BCUT2D eigenvalue weighted by molar-refractivity contribution is 0.0942. The Hall–Kier alpha value is -1.65. The Morgan fingerprint density at radius 1 is 1.23 bits per heavy atom. The fourth-order valence-corrected chi connectivity index (χ4v) is 3.11. The lowest BCUT2D eigenvalue weighted by Crippen LogP contribution is -2.37. The van der Waals surface area contributed by atoms with Crippen molar-refractivity contribution < 1.29 is 4.79 Å². The summed E-state index contributed by atoms with van der Waals surface area (Å²) in [5.41, 5.74) is 1.12. The summed E-state index contributed by atoms with van der Waals surface area (Å²) in [5, 5.41) is 4.37. The molecule has 1 N–H and O–H groups in total. The lowest BCUT2D eigenvalue weighted by atomic mass is 10.1. The molecule has 0 spiro atoms. The van der Waals surface area contributed by atoms with E-state index in [4.69, 9.17) is 11.6 Å². The Morgan fingerprint density at radius 3 is 2.82 bits per heavy atom. The quantitative estimate of drug-likeness (QED) is 0.942. The highest BCUT2D eigenvalue weighted by atomic mass is 35.5.